The number of rotatable bonds is 3. The number of aryl methyl sites for hydroxylation is 1. The van der Waals surface area contributed by atoms with E-state index in [1.165, 1.54) is 0 Å². The molecule has 1 aliphatic heterocycles. The predicted octanol–water partition coefficient (Wildman–Crippen LogP) is 1.72. The normalized spacial score (nSPS) is 18.7. The molecule has 1 amide bonds. The molecule has 0 bridgehead atoms. The van der Waals surface area contributed by atoms with Gasteiger partial charge in [0.1, 0.15) is 16.8 Å². The monoisotopic (exact) mass is 282 g/mol. The second-order valence-corrected chi connectivity index (χ2v) is 5.22. The van der Waals surface area contributed by atoms with Crippen molar-refractivity contribution < 1.29 is 4.79 Å². The first kappa shape index (κ1) is 14.1. The zero-order chi connectivity index (χ0) is 14.0. The maximum Gasteiger partial charge on any atom is 0.217 e. The Morgan fingerprint density at radius 3 is 2.89 bits per heavy atom. The van der Waals surface area contributed by atoms with E-state index in [-0.39, 0.29) is 11.9 Å². The van der Waals surface area contributed by atoms with Crippen LogP contribution in [0.25, 0.3) is 0 Å². The molecule has 0 aromatic carbocycles. The Morgan fingerprint density at radius 1 is 1.53 bits per heavy atom. The summed E-state index contributed by atoms with van der Waals surface area (Å²) in [6.45, 7) is 7.14. The minimum absolute atomic E-state index is 0.0125. The first-order chi connectivity index (χ1) is 9.01. The Morgan fingerprint density at radius 2 is 2.26 bits per heavy atom. The third-order valence-corrected chi connectivity index (χ3v) is 3.69. The van der Waals surface area contributed by atoms with Crippen LogP contribution in [0.1, 0.15) is 31.7 Å². The molecule has 1 unspecified atom stereocenters. The molecular weight excluding hydrogens is 264 g/mol. The number of nitrogens with zero attached hydrogens (tertiary/aromatic N) is 3. The average Bonchev–Trinajstić information content (AvgIpc) is 2.79. The number of hydrogen-bond acceptors (Lipinski definition) is 4. The van der Waals surface area contributed by atoms with E-state index >= 15 is 0 Å². The van der Waals surface area contributed by atoms with Crippen molar-refractivity contribution in [2.45, 2.75) is 39.7 Å². The number of aromatic nitrogens is 2. The highest BCUT2D eigenvalue weighted by Crippen LogP contribution is 2.26. The lowest BCUT2D eigenvalue weighted by molar-refractivity contribution is -0.119. The number of anilines is 1. The van der Waals surface area contributed by atoms with E-state index < -0.39 is 0 Å². The van der Waals surface area contributed by atoms with Crippen LogP contribution in [-0.4, -0.2) is 35.0 Å². The molecule has 1 aromatic heterocycles. The lowest BCUT2D eigenvalue weighted by Gasteiger charge is -2.20. The van der Waals surface area contributed by atoms with Gasteiger partial charge in [-0.1, -0.05) is 18.5 Å². The van der Waals surface area contributed by atoms with Gasteiger partial charge in [-0.05, 0) is 13.3 Å². The minimum atomic E-state index is 0.0125. The highest BCUT2D eigenvalue weighted by atomic mass is 35.5. The zero-order valence-electron chi connectivity index (χ0n) is 11.5. The van der Waals surface area contributed by atoms with E-state index in [0.29, 0.717) is 5.15 Å². The Labute approximate surface area is 118 Å². The van der Waals surface area contributed by atoms with Gasteiger partial charge in [0, 0.05) is 38.0 Å². The standard InChI is InChI=1S/C13H19ClN4O/c1-4-11-16-12(14)8(2)13(17-11)18-6-5-10(7-18)15-9(3)19/h10H,4-7H2,1-3H3,(H,15,19). The molecule has 1 aromatic rings. The van der Waals surface area contributed by atoms with Crippen molar-refractivity contribution in [1.82, 2.24) is 15.3 Å². The van der Waals surface area contributed by atoms with Crippen LogP contribution in [0.4, 0.5) is 5.82 Å². The van der Waals surface area contributed by atoms with Crippen molar-refractivity contribution in [1.29, 1.82) is 0 Å². The molecule has 104 valence electrons. The lowest BCUT2D eigenvalue weighted by atomic mass is 10.2. The lowest BCUT2D eigenvalue weighted by Crippen LogP contribution is -2.35. The van der Waals surface area contributed by atoms with E-state index in [1.807, 2.05) is 13.8 Å². The number of carbonyl (C=O) groups excluding carboxylic acids is 1. The van der Waals surface area contributed by atoms with Gasteiger partial charge in [0.2, 0.25) is 5.91 Å². The molecule has 0 saturated carbocycles. The molecule has 1 saturated heterocycles. The summed E-state index contributed by atoms with van der Waals surface area (Å²) in [5, 5.41) is 3.47. The van der Waals surface area contributed by atoms with Gasteiger partial charge in [-0.15, -0.1) is 0 Å². The average molecular weight is 283 g/mol. The quantitative estimate of drug-likeness (QED) is 0.858. The topological polar surface area (TPSA) is 58.1 Å². The third kappa shape index (κ3) is 3.15. The van der Waals surface area contributed by atoms with Gasteiger partial charge in [0.05, 0.1) is 0 Å². The fourth-order valence-corrected chi connectivity index (χ4v) is 2.53. The van der Waals surface area contributed by atoms with Crippen LogP contribution in [0.15, 0.2) is 0 Å². The Bertz CT molecular complexity index is 492. The van der Waals surface area contributed by atoms with Gasteiger partial charge in [-0.25, -0.2) is 9.97 Å². The minimum Gasteiger partial charge on any atom is -0.354 e. The summed E-state index contributed by atoms with van der Waals surface area (Å²) in [5.41, 5.74) is 0.905. The molecule has 5 nitrogen and oxygen atoms in total. The molecule has 0 aliphatic carbocycles. The van der Waals surface area contributed by atoms with Gasteiger partial charge in [0.15, 0.2) is 0 Å². The smallest absolute Gasteiger partial charge is 0.217 e. The van der Waals surface area contributed by atoms with Crippen molar-refractivity contribution in [2.75, 3.05) is 18.0 Å². The van der Waals surface area contributed by atoms with Crippen molar-refractivity contribution >= 4 is 23.3 Å². The van der Waals surface area contributed by atoms with Crippen LogP contribution in [0.5, 0.6) is 0 Å². The first-order valence-corrected chi connectivity index (χ1v) is 6.94. The number of carbonyl (C=O) groups is 1. The van der Waals surface area contributed by atoms with Gasteiger partial charge in [0.25, 0.3) is 0 Å². The second-order valence-electron chi connectivity index (χ2n) is 4.86. The predicted molar refractivity (Wildman–Crippen MR) is 75.6 cm³/mol. The van der Waals surface area contributed by atoms with Gasteiger partial charge < -0.3 is 10.2 Å². The van der Waals surface area contributed by atoms with E-state index in [9.17, 15) is 4.79 Å². The van der Waals surface area contributed by atoms with E-state index in [2.05, 4.69) is 20.2 Å². The molecule has 0 radical (unpaired) electrons. The molecule has 1 N–H and O–H groups in total. The fraction of sp³-hybridized carbons (Fsp3) is 0.615. The summed E-state index contributed by atoms with van der Waals surface area (Å²) < 4.78 is 0. The summed E-state index contributed by atoms with van der Waals surface area (Å²) in [7, 11) is 0. The third-order valence-electron chi connectivity index (χ3n) is 3.32. The number of amides is 1. The van der Waals surface area contributed by atoms with Gasteiger partial charge >= 0.3 is 0 Å². The molecule has 1 fully saturated rings. The number of halogens is 1. The van der Waals surface area contributed by atoms with Crippen LogP contribution in [0, 0.1) is 6.92 Å². The van der Waals surface area contributed by atoms with Crippen LogP contribution in [0.3, 0.4) is 0 Å². The highest BCUT2D eigenvalue weighted by molar-refractivity contribution is 6.30. The fourth-order valence-electron chi connectivity index (χ4n) is 2.34. The van der Waals surface area contributed by atoms with Crippen molar-refractivity contribution in [3.05, 3.63) is 16.5 Å². The molecule has 6 heteroatoms. The van der Waals surface area contributed by atoms with Crippen LogP contribution in [-0.2, 0) is 11.2 Å². The molecule has 19 heavy (non-hydrogen) atoms. The summed E-state index contributed by atoms with van der Waals surface area (Å²) >= 11 is 6.15. The Hall–Kier alpha value is -1.36. The summed E-state index contributed by atoms with van der Waals surface area (Å²) in [6.07, 6.45) is 1.69. The largest absolute Gasteiger partial charge is 0.354 e. The van der Waals surface area contributed by atoms with Crippen molar-refractivity contribution in [2.24, 2.45) is 0 Å². The molecule has 2 rings (SSSR count). The number of hydrogen-bond donors (Lipinski definition) is 1. The van der Waals surface area contributed by atoms with Crippen molar-refractivity contribution in [3.8, 4) is 0 Å². The molecular formula is C13H19ClN4O. The molecule has 1 atom stereocenters. The van der Waals surface area contributed by atoms with E-state index in [1.54, 1.807) is 6.92 Å². The van der Waals surface area contributed by atoms with Crippen LogP contribution >= 0.6 is 11.6 Å². The van der Waals surface area contributed by atoms with E-state index in [4.69, 9.17) is 11.6 Å². The van der Waals surface area contributed by atoms with Crippen molar-refractivity contribution in [3.63, 3.8) is 0 Å². The summed E-state index contributed by atoms with van der Waals surface area (Å²) in [4.78, 5) is 22.1. The van der Waals surface area contributed by atoms with E-state index in [0.717, 1.165) is 43.1 Å². The maximum absolute atomic E-state index is 11.1. The number of nitrogens with one attached hydrogen (secondary N) is 1. The Balaban J connectivity index is 2.19. The van der Waals surface area contributed by atoms with Crippen LogP contribution < -0.4 is 10.2 Å². The summed E-state index contributed by atoms with van der Waals surface area (Å²) in [5.74, 6) is 1.66. The zero-order valence-corrected chi connectivity index (χ0v) is 12.3. The maximum atomic E-state index is 11.1. The molecule has 1 aliphatic rings. The second kappa shape index (κ2) is 5.74. The first-order valence-electron chi connectivity index (χ1n) is 6.56. The molecule has 0 spiro atoms. The summed E-state index contributed by atoms with van der Waals surface area (Å²) in [6, 6.07) is 0.190. The highest BCUT2D eigenvalue weighted by Gasteiger charge is 2.26. The van der Waals surface area contributed by atoms with Gasteiger partial charge in [-0.2, -0.15) is 0 Å². The van der Waals surface area contributed by atoms with Crippen LogP contribution in [0.2, 0.25) is 5.15 Å². The SMILES string of the molecule is CCc1nc(Cl)c(C)c(N2CCC(NC(C)=O)C2)n1. The Kier molecular flexibility index (Phi) is 4.24. The molecule has 2 heterocycles. The van der Waals surface area contributed by atoms with Gasteiger partial charge in [-0.3, -0.25) is 4.79 Å².